The van der Waals surface area contributed by atoms with Crippen molar-refractivity contribution in [2.45, 2.75) is 13.8 Å². The van der Waals surface area contributed by atoms with Crippen molar-refractivity contribution < 1.29 is 9.59 Å². The third-order valence-electron chi connectivity index (χ3n) is 2.67. The van der Waals surface area contributed by atoms with E-state index in [-0.39, 0.29) is 10.7 Å². The van der Waals surface area contributed by atoms with E-state index >= 15 is 0 Å². The molecule has 1 aromatic carbocycles. The van der Waals surface area contributed by atoms with Crippen molar-refractivity contribution in [3.8, 4) is 0 Å². The van der Waals surface area contributed by atoms with Crippen LogP contribution < -0.4 is 10.6 Å². The number of hydrogen-bond acceptors (Lipinski definition) is 3. The second-order valence-corrected chi connectivity index (χ2v) is 4.56. The van der Waals surface area contributed by atoms with Gasteiger partial charge in [-0.25, -0.2) is 0 Å². The summed E-state index contributed by atoms with van der Waals surface area (Å²) in [5, 5.41) is 4.85. The van der Waals surface area contributed by atoms with Crippen LogP contribution in [0.2, 0.25) is 0 Å². The Labute approximate surface area is 110 Å². The van der Waals surface area contributed by atoms with Crippen molar-refractivity contribution in [3.05, 3.63) is 40.5 Å². The van der Waals surface area contributed by atoms with Crippen LogP contribution >= 0.6 is 12.2 Å². The second-order valence-electron chi connectivity index (χ2n) is 4.16. The van der Waals surface area contributed by atoms with Gasteiger partial charge in [-0.3, -0.25) is 20.2 Å². The van der Waals surface area contributed by atoms with Gasteiger partial charge in [-0.1, -0.05) is 23.8 Å². The monoisotopic (exact) mass is 260 g/mol. The zero-order chi connectivity index (χ0) is 13.3. The van der Waals surface area contributed by atoms with Crippen molar-refractivity contribution in [1.82, 2.24) is 10.6 Å². The molecule has 0 atom stereocenters. The molecule has 5 heteroatoms. The standard InChI is InChI=1S/C13H12N2O2S/c1-7-3-4-9(8(2)5-7)6-10-11(16)14-13(18)15-12(10)17/h3-6H,1-2H3,(H2,14,15,16,17,18). The zero-order valence-electron chi connectivity index (χ0n) is 10.0. The van der Waals surface area contributed by atoms with E-state index in [0.29, 0.717) is 0 Å². The molecule has 1 heterocycles. The van der Waals surface area contributed by atoms with Crippen LogP contribution in [0.15, 0.2) is 23.8 Å². The Kier molecular flexibility index (Phi) is 3.25. The molecule has 0 unspecified atom stereocenters. The third-order valence-corrected chi connectivity index (χ3v) is 2.87. The number of rotatable bonds is 1. The average molecular weight is 260 g/mol. The van der Waals surface area contributed by atoms with Crippen LogP contribution in [0.3, 0.4) is 0 Å². The summed E-state index contributed by atoms with van der Waals surface area (Å²) >= 11 is 4.73. The molecule has 0 bridgehead atoms. The molecule has 0 saturated carbocycles. The first-order chi connectivity index (χ1) is 8.47. The third kappa shape index (κ3) is 2.46. The lowest BCUT2D eigenvalue weighted by Gasteiger charge is -2.16. The minimum Gasteiger partial charge on any atom is -0.299 e. The van der Waals surface area contributed by atoms with Crippen LogP contribution in [0, 0.1) is 13.8 Å². The molecule has 2 amide bonds. The van der Waals surface area contributed by atoms with Gasteiger partial charge in [-0.2, -0.15) is 0 Å². The van der Waals surface area contributed by atoms with Crippen molar-refractivity contribution in [2.24, 2.45) is 0 Å². The van der Waals surface area contributed by atoms with Crippen LogP contribution in [0.25, 0.3) is 6.08 Å². The Balaban J connectivity index is 2.40. The summed E-state index contributed by atoms with van der Waals surface area (Å²) in [6, 6.07) is 5.81. The summed E-state index contributed by atoms with van der Waals surface area (Å²) < 4.78 is 0. The number of benzene rings is 1. The lowest BCUT2D eigenvalue weighted by atomic mass is 10.0. The molecule has 1 fully saturated rings. The maximum atomic E-state index is 11.7. The van der Waals surface area contributed by atoms with Crippen LogP contribution in [0.4, 0.5) is 0 Å². The summed E-state index contributed by atoms with van der Waals surface area (Å²) in [4.78, 5) is 23.3. The quantitative estimate of drug-likeness (QED) is 0.453. The van der Waals surface area contributed by atoms with Gasteiger partial charge in [0.1, 0.15) is 5.57 Å². The molecule has 1 aliphatic rings. The predicted octanol–water partition coefficient (Wildman–Crippen LogP) is 1.22. The highest BCUT2D eigenvalue weighted by Crippen LogP contribution is 2.15. The lowest BCUT2D eigenvalue weighted by molar-refractivity contribution is -0.123. The van der Waals surface area contributed by atoms with E-state index in [1.165, 1.54) is 0 Å². The van der Waals surface area contributed by atoms with E-state index < -0.39 is 11.8 Å². The van der Waals surface area contributed by atoms with E-state index in [0.717, 1.165) is 16.7 Å². The summed E-state index contributed by atoms with van der Waals surface area (Å²) in [5.41, 5.74) is 3.05. The SMILES string of the molecule is Cc1ccc(C=C2C(=O)NC(=S)NC2=O)c(C)c1. The second kappa shape index (κ2) is 4.70. The number of amides is 2. The first kappa shape index (κ1) is 12.4. The number of carbonyl (C=O) groups is 2. The first-order valence-corrected chi connectivity index (χ1v) is 5.84. The van der Waals surface area contributed by atoms with Crippen LogP contribution in [-0.4, -0.2) is 16.9 Å². The highest BCUT2D eigenvalue weighted by molar-refractivity contribution is 7.80. The minimum atomic E-state index is -0.469. The van der Waals surface area contributed by atoms with Gasteiger partial charge >= 0.3 is 0 Å². The van der Waals surface area contributed by atoms with Gasteiger partial charge in [-0.15, -0.1) is 0 Å². The number of hydrogen-bond donors (Lipinski definition) is 2. The van der Waals surface area contributed by atoms with E-state index in [9.17, 15) is 9.59 Å². The summed E-state index contributed by atoms with van der Waals surface area (Å²) in [7, 11) is 0. The molecule has 0 aromatic heterocycles. The Morgan fingerprint density at radius 1 is 1.11 bits per heavy atom. The fraction of sp³-hybridized carbons (Fsp3) is 0.154. The number of carbonyl (C=O) groups excluding carboxylic acids is 2. The number of thiocarbonyl (C=S) groups is 1. The molecule has 0 spiro atoms. The Hall–Kier alpha value is -2.01. The van der Waals surface area contributed by atoms with Gasteiger partial charge in [0.15, 0.2) is 5.11 Å². The molecule has 2 rings (SSSR count). The van der Waals surface area contributed by atoms with E-state index in [1.54, 1.807) is 6.08 Å². The van der Waals surface area contributed by atoms with Gasteiger partial charge in [0.25, 0.3) is 11.8 Å². The molecule has 1 aliphatic heterocycles. The molecule has 18 heavy (non-hydrogen) atoms. The van der Waals surface area contributed by atoms with E-state index in [1.807, 2.05) is 32.0 Å². The lowest BCUT2D eigenvalue weighted by Crippen LogP contribution is -2.51. The fourth-order valence-electron chi connectivity index (χ4n) is 1.75. The first-order valence-electron chi connectivity index (χ1n) is 5.43. The van der Waals surface area contributed by atoms with Gasteiger partial charge in [-0.05, 0) is 43.3 Å². The largest absolute Gasteiger partial charge is 0.299 e. The molecule has 0 aliphatic carbocycles. The van der Waals surface area contributed by atoms with Gasteiger partial charge < -0.3 is 0 Å². The number of aryl methyl sites for hydroxylation is 2. The average Bonchev–Trinajstić information content (AvgIpc) is 2.25. The highest BCUT2D eigenvalue weighted by Gasteiger charge is 2.25. The van der Waals surface area contributed by atoms with E-state index in [4.69, 9.17) is 12.2 Å². The molecule has 92 valence electrons. The van der Waals surface area contributed by atoms with Crippen molar-refractivity contribution in [2.75, 3.05) is 0 Å². The molecular weight excluding hydrogens is 248 g/mol. The van der Waals surface area contributed by atoms with Gasteiger partial charge in [0.2, 0.25) is 0 Å². The van der Waals surface area contributed by atoms with Crippen molar-refractivity contribution in [1.29, 1.82) is 0 Å². The maximum absolute atomic E-state index is 11.7. The zero-order valence-corrected chi connectivity index (χ0v) is 10.9. The number of nitrogens with one attached hydrogen (secondary N) is 2. The van der Waals surface area contributed by atoms with Crippen molar-refractivity contribution >= 4 is 35.2 Å². The van der Waals surface area contributed by atoms with E-state index in [2.05, 4.69) is 10.6 Å². The molecule has 0 radical (unpaired) electrons. The molecule has 1 aromatic rings. The van der Waals surface area contributed by atoms with Gasteiger partial charge in [0, 0.05) is 0 Å². The van der Waals surface area contributed by atoms with Crippen LogP contribution in [-0.2, 0) is 9.59 Å². The van der Waals surface area contributed by atoms with Crippen molar-refractivity contribution in [3.63, 3.8) is 0 Å². The highest BCUT2D eigenvalue weighted by atomic mass is 32.1. The molecule has 4 nitrogen and oxygen atoms in total. The summed E-state index contributed by atoms with van der Waals surface area (Å²) in [6.45, 7) is 3.92. The Bertz CT molecular complexity index is 569. The van der Waals surface area contributed by atoms with Gasteiger partial charge in [0.05, 0.1) is 0 Å². The Morgan fingerprint density at radius 3 is 2.28 bits per heavy atom. The van der Waals surface area contributed by atoms with Crippen LogP contribution in [0.5, 0.6) is 0 Å². The maximum Gasteiger partial charge on any atom is 0.263 e. The normalized spacial score (nSPS) is 15.2. The van der Waals surface area contributed by atoms with Crippen LogP contribution in [0.1, 0.15) is 16.7 Å². The minimum absolute atomic E-state index is 0.0442. The fourth-order valence-corrected chi connectivity index (χ4v) is 1.93. The summed E-state index contributed by atoms with van der Waals surface area (Å²) in [6.07, 6.45) is 1.57. The molecular formula is C13H12N2O2S. The Morgan fingerprint density at radius 2 is 1.72 bits per heavy atom. The predicted molar refractivity (Wildman–Crippen MR) is 72.8 cm³/mol. The smallest absolute Gasteiger partial charge is 0.263 e. The molecule has 1 saturated heterocycles. The molecule has 2 N–H and O–H groups in total. The summed E-state index contributed by atoms with van der Waals surface area (Å²) in [5.74, 6) is -0.938. The topological polar surface area (TPSA) is 58.2 Å².